The molecule has 0 heterocycles. The normalized spacial score (nSPS) is 14.5. The lowest BCUT2D eigenvalue weighted by Gasteiger charge is -2.16. The van der Waals surface area contributed by atoms with Crippen molar-refractivity contribution in [3.63, 3.8) is 0 Å². The van der Waals surface area contributed by atoms with Crippen LogP contribution >= 0.6 is 0 Å². The molecule has 0 bridgehead atoms. The molecule has 0 aliphatic rings. The van der Waals surface area contributed by atoms with Crippen molar-refractivity contribution in [3.05, 3.63) is 34.9 Å². The zero-order valence-corrected chi connectivity index (χ0v) is 9.94. The van der Waals surface area contributed by atoms with Gasteiger partial charge in [0.25, 0.3) is 0 Å². The molecule has 0 amide bonds. The molecule has 108 valence electrons. The van der Waals surface area contributed by atoms with Crippen LogP contribution in [0.2, 0.25) is 0 Å². The van der Waals surface area contributed by atoms with E-state index in [1.807, 2.05) is 0 Å². The molecule has 0 radical (unpaired) electrons. The maximum Gasteiger partial charge on any atom is 0.416 e. The van der Waals surface area contributed by atoms with Crippen molar-refractivity contribution in [2.24, 2.45) is 0 Å². The van der Waals surface area contributed by atoms with E-state index in [1.54, 1.807) is 0 Å². The number of aryl methyl sites for hydroxylation is 1. The smallest absolute Gasteiger partial charge is 0.388 e. The Morgan fingerprint density at radius 3 is 2.11 bits per heavy atom. The summed E-state index contributed by atoms with van der Waals surface area (Å²) in [5, 5.41) is 9.58. The molecule has 1 atom stereocenters. The summed E-state index contributed by atoms with van der Waals surface area (Å²) in [5.41, 5.74) is -0.696. The van der Waals surface area contributed by atoms with Crippen LogP contribution in [-0.2, 0) is 6.18 Å². The van der Waals surface area contributed by atoms with Gasteiger partial charge in [-0.2, -0.15) is 26.3 Å². The lowest BCUT2D eigenvalue weighted by molar-refractivity contribution is -0.140. The van der Waals surface area contributed by atoms with Crippen molar-refractivity contribution >= 4 is 0 Å². The number of benzene rings is 1. The summed E-state index contributed by atoms with van der Waals surface area (Å²) in [4.78, 5) is 0. The molecular formula is C12H12F6O. The van der Waals surface area contributed by atoms with E-state index in [1.165, 1.54) is 6.92 Å². The molecule has 1 nitrogen and oxygen atoms in total. The van der Waals surface area contributed by atoms with Crippen LogP contribution in [0, 0.1) is 6.92 Å². The molecule has 1 unspecified atom stereocenters. The highest BCUT2D eigenvalue weighted by Gasteiger charge is 2.32. The van der Waals surface area contributed by atoms with E-state index in [-0.39, 0.29) is 11.1 Å². The van der Waals surface area contributed by atoms with Gasteiger partial charge >= 0.3 is 12.4 Å². The Morgan fingerprint density at radius 2 is 1.68 bits per heavy atom. The first-order chi connectivity index (χ1) is 8.50. The van der Waals surface area contributed by atoms with Crippen molar-refractivity contribution in [2.75, 3.05) is 0 Å². The first kappa shape index (κ1) is 15.8. The summed E-state index contributed by atoms with van der Waals surface area (Å²) in [6.07, 6.45) is -12.1. The molecule has 1 rings (SSSR count). The lowest BCUT2D eigenvalue weighted by Crippen LogP contribution is -2.11. The molecule has 0 saturated carbocycles. The molecule has 0 spiro atoms. The lowest BCUT2D eigenvalue weighted by atomic mass is 9.97. The van der Waals surface area contributed by atoms with Gasteiger partial charge in [0, 0.05) is 6.42 Å². The SMILES string of the molecule is Cc1cc(C(F)(F)F)ccc1C(O)CCC(F)(F)F. The van der Waals surface area contributed by atoms with E-state index in [0.29, 0.717) is 0 Å². The average Bonchev–Trinajstić information content (AvgIpc) is 2.23. The van der Waals surface area contributed by atoms with Crippen LogP contribution in [-0.4, -0.2) is 11.3 Å². The Labute approximate surface area is 105 Å². The fourth-order valence-corrected chi connectivity index (χ4v) is 1.68. The Morgan fingerprint density at radius 1 is 1.11 bits per heavy atom. The Bertz CT molecular complexity index is 435. The van der Waals surface area contributed by atoms with Gasteiger partial charge in [0.1, 0.15) is 0 Å². The zero-order chi connectivity index (χ0) is 14.8. The summed E-state index contributed by atoms with van der Waals surface area (Å²) in [6.45, 7) is 1.32. The maximum atomic E-state index is 12.4. The van der Waals surface area contributed by atoms with Gasteiger partial charge < -0.3 is 5.11 Å². The molecule has 0 fully saturated rings. The minimum absolute atomic E-state index is 0.0808. The van der Waals surface area contributed by atoms with E-state index >= 15 is 0 Å². The van der Waals surface area contributed by atoms with E-state index in [9.17, 15) is 31.4 Å². The third kappa shape index (κ3) is 4.74. The van der Waals surface area contributed by atoms with Gasteiger partial charge in [0.2, 0.25) is 0 Å². The minimum atomic E-state index is -4.51. The second kappa shape index (κ2) is 5.40. The maximum absolute atomic E-state index is 12.4. The van der Waals surface area contributed by atoms with Crippen LogP contribution < -0.4 is 0 Å². The first-order valence-electron chi connectivity index (χ1n) is 5.43. The van der Waals surface area contributed by atoms with Gasteiger partial charge in [-0.15, -0.1) is 0 Å². The molecule has 7 heteroatoms. The molecule has 0 aromatic heterocycles. The summed E-state index contributed by atoms with van der Waals surface area (Å²) in [6, 6.07) is 2.57. The molecule has 1 aromatic carbocycles. The van der Waals surface area contributed by atoms with Crippen LogP contribution in [0.3, 0.4) is 0 Å². The number of halogens is 6. The topological polar surface area (TPSA) is 20.2 Å². The summed E-state index contributed by atoms with van der Waals surface area (Å²) < 4.78 is 73.2. The highest BCUT2D eigenvalue weighted by Crippen LogP contribution is 2.33. The second-order valence-corrected chi connectivity index (χ2v) is 4.24. The molecule has 1 N–H and O–H groups in total. The predicted molar refractivity (Wildman–Crippen MR) is 56.4 cm³/mol. The Hall–Kier alpha value is -1.24. The van der Waals surface area contributed by atoms with E-state index in [2.05, 4.69) is 0 Å². The third-order valence-corrected chi connectivity index (χ3v) is 2.66. The van der Waals surface area contributed by atoms with Crippen molar-refractivity contribution in [3.8, 4) is 0 Å². The van der Waals surface area contributed by atoms with Crippen LogP contribution in [0.25, 0.3) is 0 Å². The highest BCUT2D eigenvalue weighted by molar-refractivity contribution is 5.33. The summed E-state index contributed by atoms with van der Waals surface area (Å²) >= 11 is 0. The first-order valence-corrected chi connectivity index (χ1v) is 5.43. The van der Waals surface area contributed by atoms with E-state index < -0.39 is 36.9 Å². The summed E-state index contributed by atoms with van der Waals surface area (Å²) in [5.74, 6) is 0. The van der Waals surface area contributed by atoms with Gasteiger partial charge in [-0.3, -0.25) is 0 Å². The van der Waals surface area contributed by atoms with Gasteiger partial charge in [0.05, 0.1) is 11.7 Å². The van der Waals surface area contributed by atoms with Crippen LogP contribution in [0.1, 0.15) is 35.6 Å². The molecule has 0 aliphatic heterocycles. The fourth-order valence-electron chi connectivity index (χ4n) is 1.68. The van der Waals surface area contributed by atoms with Crippen molar-refractivity contribution in [1.29, 1.82) is 0 Å². The average molecular weight is 286 g/mol. The summed E-state index contributed by atoms with van der Waals surface area (Å²) in [7, 11) is 0. The molecule has 1 aromatic rings. The fraction of sp³-hybridized carbons (Fsp3) is 0.500. The van der Waals surface area contributed by atoms with Crippen molar-refractivity contribution in [1.82, 2.24) is 0 Å². The van der Waals surface area contributed by atoms with Gasteiger partial charge in [-0.05, 0) is 36.6 Å². The van der Waals surface area contributed by atoms with Crippen LogP contribution in [0.15, 0.2) is 18.2 Å². The third-order valence-electron chi connectivity index (χ3n) is 2.66. The number of aliphatic hydroxyl groups excluding tert-OH is 1. The van der Waals surface area contributed by atoms with Gasteiger partial charge in [0.15, 0.2) is 0 Å². The van der Waals surface area contributed by atoms with E-state index in [4.69, 9.17) is 0 Å². The van der Waals surface area contributed by atoms with Crippen molar-refractivity contribution in [2.45, 2.75) is 38.2 Å². The van der Waals surface area contributed by atoms with Crippen LogP contribution in [0.5, 0.6) is 0 Å². The van der Waals surface area contributed by atoms with Gasteiger partial charge in [-0.25, -0.2) is 0 Å². The number of alkyl halides is 6. The molecule has 19 heavy (non-hydrogen) atoms. The standard InChI is InChI=1S/C12H12F6O/c1-7-6-8(12(16,17)18)2-3-9(7)10(19)4-5-11(13,14)15/h2-3,6,10,19H,4-5H2,1H3. The van der Waals surface area contributed by atoms with Crippen molar-refractivity contribution < 1.29 is 31.4 Å². The van der Waals surface area contributed by atoms with E-state index in [0.717, 1.165) is 18.2 Å². The Balaban J connectivity index is 2.85. The second-order valence-electron chi connectivity index (χ2n) is 4.24. The zero-order valence-electron chi connectivity index (χ0n) is 9.94. The molecular weight excluding hydrogens is 274 g/mol. The quantitative estimate of drug-likeness (QED) is 0.817. The molecule has 0 aliphatic carbocycles. The monoisotopic (exact) mass is 286 g/mol. The largest absolute Gasteiger partial charge is 0.416 e. The number of aliphatic hydroxyl groups is 1. The Kier molecular flexibility index (Phi) is 4.50. The number of hydrogen-bond acceptors (Lipinski definition) is 1. The minimum Gasteiger partial charge on any atom is -0.388 e. The number of rotatable bonds is 3. The predicted octanol–water partition coefficient (Wildman–Crippen LogP) is 4.39. The number of hydrogen-bond donors (Lipinski definition) is 1. The molecule has 0 saturated heterocycles. The van der Waals surface area contributed by atoms with Gasteiger partial charge in [-0.1, -0.05) is 6.07 Å². The van der Waals surface area contributed by atoms with Crippen LogP contribution in [0.4, 0.5) is 26.3 Å². The highest BCUT2D eigenvalue weighted by atomic mass is 19.4.